The van der Waals surface area contributed by atoms with E-state index in [1.165, 1.54) is 43.4 Å². The summed E-state index contributed by atoms with van der Waals surface area (Å²) in [6.07, 6.45) is 2.76. The maximum absolute atomic E-state index is 14.4. The van der Waals surface area contributed by atoms with Crippen molar-refractivity contribution < 1.29 is 52.8 Å². The molecular weight excluding hydrogens is 977 g/mol. The van der Waals surface area contributed by atoms with Gasteiger partial charge in [0, 0.05) is 56.3 Å². The second-order valence-electron chi connectivity index (χ2n) is 16.8. The summed E-state index contributed by atoms with van der Waals surface area (Å²) in [7, 11) is 4.58. The van der Waals surface area contributed by atoms with E-state index in [-0.39, 0.29) is 43.4 Å². The Balaban J connectivity index is 0.000000225. The molecule has 0 aliphatic carbocycles. The lowest BCUT2D eigenvalue weighted by molar-refractivity contribution is -0.143. The number of carbonyl (C=O) groups is 2. The van der Waals surface area contributed by atoms with Gasteiger partial charge in [-0.1, -0.05) is 37.6 Å². The van der Waals surface area contributed by atoms with Gasteiger partial charge < -0.3 is 41.2 Å². The number of benzene rings is 2. The molecule has 2 aliphatic rings. The summed E-state index contributed by atoms with van der Waals surface area (Å²) >= 11 is 0. The first-order valence-electron chi connectivity index (χ1n) is 23.5. The fraction of sp³-hybridized carbons (Fsp3) is 0.333. The molecule has 6 aromatic rings. The van der Waals surface area contributed by atoms with Gasteiger partial charge in [-0.2, -0.15) is 0 Å². The highest BCUT2D eigenvalue weighted by atomic mass is 19.1. The first-order valence-corrected chi connectivity index (χ1v) is 23.5. The van der Waals surface area contributed by atoms with E-state index in [9.17, 15) is 18.4 Å². The summed E-state index contributed by atoms with van der Waals surface area (Å²) in [4.78, 5) is 70.6. The molecular formula is C51H59F2N13O9. The predicted molar refractivity (Wildman–Crippen MR) is 273 cm³/mol. The van der Waals surface area contributed by atoms with Crippen LogP contribution in [0.2, 0.25) is 0 Å². The van der Waals surface area contributed by atoms with Crippen LogP contribution in [0.5, 0.6) is 11.8 Å². The van der Waals surface area contributed by atoms with Crippen molar-refractivity contribution in [2.45, 2.75) is 58.5 Å². The van der Waals surface area contributed by atoms with Crippen molar-refractivity contribution >= 4 is 35.4 Å². The molecule has 0 spiro atoms. The van der Waals surface area contributed by atoms with Crippen LogP contribution in [0.4, 0.5) is 20.7 Å². The number of rotatable bonds is 16. The highest BCUT2D eigenvalue weighted by Gasteiger charge is 2.31. The van der Waals surface area contributed by atoms with Crippen LogP contribution in [0.25, 0.3) is 22.5 Å². The van der Waals surface area contributed by atoms with E-state index < -0.39 is 36.3 Å². The zero-order valence-corrected chi connectivity index (χ0v) is 42.2. The summed E-state index contributed by atoms with van der Waals surface area (Å²) in [5.74, 6) is -0.742. The number of aromatic nitrogens is 6. The van der Waals surface area contributed by atoms with Crippen LogP contribution in [0.15, 0.2) is 82.8 Å². The number of anilines is 2. The zero-order valence-electron chi connectivity index (χ0n) is 42.2. The van der Waals surface area contributed by atoms with E-state index in [0.29, 0.717) is 105 Å². The number of likely N-dealkylation sites (N-methyl/N-ethyl adjacent to an activating group) is 1. The number of aliphatic carboxylic acids is 1. The minimum Gasteiger partial charge on any atom is -0.481 e. The van der Waals surface area contributed by atoms with Gasteiger partial charge in [0.1, 0.15) is 11.6 Å². The number of aliphatic hydroxyl groups is 2. The van der Waals surface area contributed by atoms with Crippen molar-refractivity contribution in [1.82, 2.24) is 45.8 Å². The largest absolute Gasteiger partial charge is 0.481 e. The minimum atomic E-state index is -1.15. The molecule has 1 amide bonds. The third-order valence-corrected chi connectivity index (χ3v) is 11.4. The van der Waals surface area contributed by atoms with Crippen molar-refractivity contribution in [2.24, 2.45) is 9.98 Å². The van der Waals surface area contributed by atoms with Crippen molar-refractivity contribution in [3.8, 4) is 34.3 Å². The second kappa shape index (κ2) is 26.6. The number of nitrogens with one attached hydrogen (secondary N) is 2. The SMILES string of the molecule is CCCCO.COc1cccc(-c2cc(F)ccc2[C@H]2Cc3nc(N)nc(C)c3C(NOCC(=O)N(C)CCO)=N2)n1.COc1cccc(-c2cc(F)ccc2[C@H]2Cc3nc(N)nc(C)c3C(NOCC(=O)O)=N2)n1. The van der Waals surface area contributed by atoms with Crippen molar-refractivity contribution in [3.63, 3.8) is 0 Å². The molecule has 0 fully saturated rings. The first kappa shape index (κ1) is 56.0. The summed E-state index contributed by atoms with van der Waals surface area (Å²) in [5.41, 5.74) is 24.3. The predicted octanol–water partition coefficient (Wildman–Crippen LogP) is 4.60. The molecule has 2 atom stereocenters. The maximum Gasteiger partial charge on any atom is 0.332 e. The van der Waals surface area contributed by atoms with Gasteiger partial charge in [0.05, 0.1) is 78.2 Å². The van der Waals surface area contributed by atoms with E-state index >= 15 is 0 Å². The first-order chi connectivity index (χ1) is 36.1. The summed E-state index contributed by atoms with van der Waals surface area (Å²) in [6.45, 7) is 5.08. The average molecular weight is 1040 g/mol. The number of amides is 1. The Labute approximate surface area is 430 Å². The highest BCUT2D eigenvalue weighted by Crippen LogP contribution is 2.38. The number of methoxy groups -OCH3 is 2. The number of pyridine rings is 2. The van der Waals surface area contributed by atoms with Gasteiger partial charge in [0.2, 0.25) is 23.7 Å². The smallest absolute Gasteiger partial charge is 0.332 e. The number of halogens is 2. The standard InChI is InChI=1S/C25H28FN7O4.C22H21FN6O4.C4H10O/c1-14-23-20(31-25(27)28-14)12-19(30-24(23)32-37-13-22(35)33(2)9-10-34)16-8-7-15(26)11-17(16)18-5-4-6-21(29-18)36-3;1-11-20-17(28-22(24)25-11)9-16(27-21(20)29-33-10-19(30)31)13-7-6-12(23)8-14(13)15-4-3-5-18(26-15)32-2;1-2-3-4-5/h4-8,11,19,34H,9-10,12-13H2,1-3H3,(H,30,32)(H2,27,28,31);3-8,16H,9-10H2,1-2H3,(H,27,29)(H,30,31)(H2,24,25,28);5H,2-4H2,1H3/t19-;16-;/m11./s1. The number of aliphatic imine (C=N–C) groups is 2. The van der Waals surface area contributed by atoms with Gasteiger partial charge in [-0.15, -0.1) is 0 Å². The van der Waals surface area contributed by atoms with E-state index in [0.717, 1.165) is 12.8 Å². The number of hydrogen-bond donors (Lipinski definition) is 7. The molecule has 4 aromatic heterocycles. The number of nitrogen functional groups attached to an aromatic ring is 2. The number of ether oxygens (including phenoxy) is 2. The van der Waals surface area contributed by atoms with Crippen LogP contribution in [0, 0.1) is 25.5 Å². The van der Waals surface area contributed by atoms with Gasteiger partial charge in [0.25, 0.3) is 5.91 Å². The van der Waals surface area contributed by atoms with E-state index in [1.54, 1.807) is 69.4 Å². The Bertz CT molecular complexity index is 3040. The number of hydrogen-bond acceptors (Lipinski definition) is 20. The number of carbonyl (C=O) groups excluding carboxylic acids is 1. The average Bonchev–Trinajstić information content (AvgIpc) is 3.38. The molecule has 0 unspecified atom stereocenters. The van der Waals surface area contributed by atoms with Crippen molar-refractivity contribution in [3.05, 3.63) is 129 Å². The third kappa shape index (κ3) is 14.7. The summed E-state index contributed by atoms with van der Waals surface area (Å²) in [5, 5.41) is 26.0. The number of hydroxylamine groups is 2. The van der Waals surface area contributed by atoms with Gasteiger partial charge in [-0.05, 0) is 67.8 Å². The molecule has 0 saturated carbocycles. The Morgan fingerprint density at radius 2 is 1.16 bits per heavy atom. The van der Waals surface area contributed by atoms with Crippen LogP contribution < -0.4 is 31.9 Å². The van der Waals surface area contributed by atoms with Crippen molar-refractivity contribution in [1.29, 1.82) is 0 Å². The number of carboxylic acids is 1. The molecule has 2 aliphatic heterocycles. The number of aliphatic hydroxyl groups excluding tert-OH is 2. The minimum absolute atomic E-state index is 0.103. The Morgan fingerprint density at radius 3 is 1.56 bits per heavy atom. The normalized spacial score (nSPS) is 14.3. The van der Waals surface area contributed by atoms with Crippen LogP contribution in [0.1, 0.15) is 76.9 Å². The number of nitrogens with two attached hydrogens (primary N) is 2. The molecule has 9 N–H and O–H groups in total. The number of nitrogens with zero attached hydrogens (tertiary/aromatic N) is 9. The number of fused-ring (bicyclic) bond motifs is 2. The molecule has 0 saturated heterocycles. The maximum atomic E-state index is 14.4. The molecule has 8 rings (SSSR count). The molecule has 2 aromatic carbocycles. The van der Waals surface area contributed by atoms with Gasteiger partial charge in [0.15, 0.2) is 24.9 Å². The van der Waals surface area contributed by atoms with Crippen LogP contribution >= 0.6 is 0 Å². The van der Waals surface area contributed by atoms with Crippen LogP contribution in [-0.2, 0) is 32.1 Å². The molecule has 396 valence electrons. The van der Waals surface area contributed by atoms with Gasteiger partial charge in [-0.3, -0.25) is 24.5 Å². The van der Waals surface area contributed by atoms with Crippen molar-refractivity contribution in [2.75, 3.05) is 65.7 Å². The number of aryl methyl sites for hydroxylation is 2. The van der Waals surface area contributed by atoms with Crippen LogP contribution in [0.3, 0.4) is 0 Å². The monoisotopic (exact) mass is 1040 g/mol. The highest BCUT2D eigenvalue weighted by molar-refractivity contribution is 6.02. The Hall–Kier alpha value is -8.32. The lowest BCUT2D eigenvalue weighted by Gasteiger charge is -2.26. The zero-order chi connectivity index (χ0) is 54.2. The third-order valence-electron chi connectivity index (χ3n) is 11.4. The van der Waals surface area contributed by atoms with E-state index in [1.807, 2.05) is 0 Å². The summed E-state index contributed by atoms with van der Waals surface area (Å²) in [6, 6.07) is 18.2. The summed E-state index contributed by atoms with van der Waals surface area (Å²) < 4.78 is 39.0. The second-order valence-corrected chi connectivity index (χ2v) is 16.8. The molecule has 22 nitrogen and oxygen atoms in total. The lowest BCUT2D eigenvalue weighted by atomic mass is 9.91. The van der Waals surface area contributed by atoms with Gasteiger partial charge in [-0.25, -0.2) is 54.4 Å². The lowest BCUT2D eigenvalue weighted by Crippen LogP contribution is -2.37. The molecule has 0 bridgehead atoms. The van der Waals surface area contributed by atoms with E-state index in [4.69, 9.17) is 55.9 Å². The number of unbranched alkanes of at least 4 members (excludes halogenated alkanes) is 1. The molecule has 0 radical (unpaired) electrons. The molecule has 24 heteroatoms. The Morgan fingerprint density at radius 1 is 0.693 bits per heavy atom. The van der Waals surface area contributed by atoms with Gasteiger partial charge >= 0.3 is 5.97 Å². The van der Waals surface area contributed by atoms with E-state index in [2.05, 4.69) is 47.8 Å². The quantitative estimate of drug-likeness (QED) is 0.0652. The fourth-order valence-electron chi connectivity index (χ4n) is 7.95. The number of carboxylic acid groups (broad SMARTS) is 1. The molecule has 75 heavy (non-hydrogen) atoms. The Kier molecular flexibility index (Phi) is 19.8. The fourth-order valence-corrected chi connectivity index (χ4v) is 7.95. The topological polar surface area (TPSA) is 313 Å². The molecule has 6 heterocycles. The van der Waals surface area contributed by atoms with Crippen LogP contribution in [-0.4, -0.2) is 128 Å². The number of amidine groups is 2.